The van der Waals surface area contributed by atoms with Crippen molar-refractivity contribution in [3.05, 3.63) is 71.5 Å². The van der Waals surface area contributed by atoms with Crippen molar-refractivity contribution in [1.29, 1.82) is 0 Å². The number of benzene rings is 3. The third-order valence-electron chi connectivity index (χ3n) is 6.12. The SMILES string of the molecule is COC1CCC(c2ccc(C(=O)Oc3ccc4c(F)c(OCC(F)(F)F)ccc4c3)cc2)CC1. The van der Waals surface area contributed by atoms with Crippen molar-refractivity contribution in [3.63, 3.8) is 0 Å². The summed E-state index contributed by atoms with van der Waals surface area (Å²) in [5.74, 6) is -1.32. The zero-order valence-electron chi connectivity index (χ0n) is 18.5. The Hall–Kier alpha value is -3.13. The number of rotatable bonds is 6. The third-order valence-corrected chi connectivity index (χ3v) is 6.12. The Kier molecular flexibility index (Phi) is 7.07. The fourth-order valence-corrected chi connectivity index (χ4v) is 4.27. The molecule has 0 aromatic heterocycles. The molecule has 0 spiro atoms. The first-order chi connectivity index (χ1) is 16.2. The van der Waals surface area contributed by atoms with E-state index in [1.165, 1.54) is 29.8 Å². The van der Waals surface area contributed by atoms with Gasteiger partial charge in [0.2, 0.25) is 0 Å². The molecule has 1 aliphatic carbocycles. The van der Waals surface area contributed by atoms with Crippen molar-refractivity contribution in [2.24, 2.45) is 0 Å². The maximum Gasteiger partial charge on any atom is 0.422 e. The highest BCUT2D eigenvalue weighted by Crippen LogP contribution is 2.34. The molecule has 1 fully saturated rings. The number of hydrogen-bond donors (Lipinski definition) is 0. The molecule has 0 N–H and O–H groups in total. The summed E-state index contributed by atoms with van der Waals surface area (Å²) in [5.41, 5.74) is 1.56. The Labute approximate surface area is 194 Å². The van der Waals surface area contributed by atoms with Crippen molar-refractivity contribution in [2.45, 2.75) is 43.9 Å². The lowest BCUT2D eigenvalue weighted by Gasteiger charge is -2.27. The second kappa shape index (κ2) is 10.0. The van der Waals surface area contributed by atoms with E-state index in [0.29, 0.717) is 23.0 Å². The standard InChI is InChI=1S/C26H24F4O4/c1-32-20-9-6-17(7-10-20)16-2-4-18(5-3-16)25(31)34-21-11-12-22-19(14-21)8-13-23(24(22)27)33-15-26(28,29)30/h2-5,8,11-14,17,20H,6-7,9-10,15H2,1H3. The van der Waals surface area contributed by atoms with Gasteiger partial charge in [0.15, 0.2) is 18.2 Å². The van der Waals surface area contributed by atoms with Gasteiger partial charge in [-0.3, -0.25) is 0 Å². The van der Waals surface area contributed by atoms with E-state index in [4.69, 9.17) is 9.47 Å². The molecule has 8 heteroatoms. The first-order valence-corrected chi connectivity index (χ1v) is 11.0. The minimum atomic E-state index is -4.57. The van der Waals surface area contributed by atoms with Crippen molar-refractivity contribution >= 4 is 16.7 Å². The summed E-state index contributed by atoms with van der Waals surface area (Å²) >= 11 is 0. The van der Waals surface area contributed by atoms with Gasteiger partial charge in [-0.2, -0.15) is 13.2 Å². The lowest BCUT2D eigenvalue weighted by Crippen LogP contribution is -2.19. The normalized spacial score (nSPS) is 18.6. The summed E-state index contributed by atoms with van der Waals surface area (Å²) in [6, 6.07) is 14.0. The minimum Gasteiger partial charge on any atom is -0.481 e. The molecule has 0 amide bonds. The monoisotopic (exact) mass is 476 g/mol. The smallest absolute Gasteiger partial charge is 0.422 e. The Balaban J connectivity index is 1.42. The molecule has 4 nitrogen and oxygen atoms in total. The number of carbonyl (C=O) groups is 1. The number of halogens is 4. The molecule has 180 valence electrons. The zero-order valence-corrected chi connectivity index (χ0v) is 18.5. The largest absolute Gasteiger partial charge is 0.481 e. The molecule has 34 heavy (non-hydrogen) atoms. The molecule has 3 aromatic rings. The highest BCUT2D eigenvalue weighted by atomic mass is 19.4. The molecular formula is C26H24F4O4. The topological polar surface area (TPSA) is 44.8 Å². The van der Waals surface area contributed by atoms with Gasteiger partial charge in [0.1, 0.15) is 5.75 Å². The maximum absolute atomic E-state index is 14.5. The van der Waals surface area contributed by atoms with Crippen LogP contribution in [0.4, 0.5) is 17.6 Å². The second-order valence-corrected chi connectivity index (χ2v) is 8.39. The van der Waals surface area contributed by atoms with Crippen LogP contribution in [0.15, 0.2) is 54.6 Å². The van der Waals surface area contributed by atoms with Gasteiger partial charge < -0.3 is 14.2 Å². The van der Waals surface area contributed by atoms with Crippen LogP contribution in [0.1, 0.15) is 47.5 Å². The van der Waals surface area contributed by atoms with Crippen LogP contribution in [0.2, 0.25) is 0 Å². The highest BCUT2D eigenvalue weighted by molar-refractivity contribution is 5.92. The van der Waals surface area contributed by atoms with Crippen LogP contribution in [-0.4, -0.2) is 32.0 Å². The van der Waals surface area contributed by atoms with E-state index in [2.05, 4.69) is 4.74 Å². The van der Waals surface area contributed by atoms with Crippen LogP contribution in [0.5, 0.6) is 11.5 Å². The van der Waals surface area contributed by atoms with E-state index in [-0.39, 0.29) is 11.1 Å². The predicted molar refractivity (Wildman–Crippen MR) is 119 cm³/mol. The Morgan fingerprint density at radius 3 is 2.32 bits per heavy atom. The number of hydrogen-bond acceptors (Lipinski definition) is 4. The molecule has 0 atom stereocenters. The molecule has 0 radical (unpaired) electrons. The molecule has 0 heterocycles. The highest BCUT2D eigenvalue weighted by Gasteiger charge is 2.29. The van der Waals surface area contributed by atoms with Gasteiger partial charge in [-0.25, -0.2) is 9.18 Å². The van der Waals surface area contributed by atoms with Crippen molar-refractivity contribution in [3.8, 4) is 11.5 Å². The van der Waals surface area contributed by atoms with E-state index in [0.717, 1.165) is 31.7 Å². The molecule has 0 unspecified atom stereocenters. The van der Waals surface area contributed by atoms with Crippen molar-refractivity contribution < 1.29 is 36.6 Å². The number of carbonyl (C=O) groups excluding carboxylic acids is 1. The number of esters is 1. The van der Waals surface area contributed by atoms with Gasteiger partial charge in [-0.15, -0.1) is 0 Å². The molecule has 0 bridgehead atoms. The number of alkyl halides is 3. The summed E-state index contributed by atoms with van der Waals surface area (Å²) in [6.07, 6.45) is -0.133. The summed E-state index contributed by atoms with van der Waals surface area (Å²) in [4.78, 5) is 12.6. The van der Waals surface area contributed by atoms with E-state index >= 15 is 0 Å². The minimum absolute atomic E-state index is 0.0621. The first kappa shape index (κ1) is 24.0. The average Bonchev–Trinajstić information content (AvgIpc) is 2.83. The average molecular weight is 476 g/mol. The molecule has 0 saturated heterocycles. The van der Waals surface area contributed by atoms with E-state index < -0.39 is 30.3 Å². The molecule has 3 aromatic carbocycles. The van der Waals surface area contributed by atoms with Gasteiger partial charge in [-0.1, -0.05) is 18.2 Å². The zero-order chi connectivity index (χ0) is 24.3. The van der Waals surface area contributed by atoms with Gasteiger partial charge in [0, 0.05) is 12.5 Å². The van der Waals surface area contributed by atoms with E-state index in [9.17, 15) is 22.4 Å². The molecule has 4 rings (SSSR count). The molecular weight excluding hydrogens is 452 g/mol. The van der Waals surface area contributed by atoms with Crippen LogP contribution in [0.3, 0.4) is 0 Å². The van der Waals surface area contributed by atoms with Crippen molar-refractivity contribution in [2.75, 3.05) is 13.7 Å². The fourth-order valence-electron chi connectivity index (χ4n) is 4.27. The van der Waals surface area contributed by atoms with E-state index in [1.54, 1.807) is 19.2 Å². The van der Waals surface area contributed by atoms with Crippen LogP contribution < -0.4 is 9.47 Å². The maximum atomic E-state index is 14.5. The Morgan fingerprint density at radius 1 is 0.971 bits per heavy atom. The first-order valence-electron chi connectivity index (χ1n) is 11.0. The number of methoxy groups -OCH3 is 1. The third kappa shape index (κ3) is 5.67. The van der Waals surface area contributed by atoms with Gasteiger partial charge in [-0.05, 0) is 78.9 Å². The van der Waals surface area contributed by atoms with E-state index in [1.807, 2.05) is 12.1 Å². The van der Waals surface area contributed by atoms with Crippen LogP contribution in [0, 0.1) is 5.82 Å². The summed E-state index contributed by atoms with van der Waals surface area (Å²) in [7, 11) is 1.74. The van der Waals surface area contributed by atoms with Gasteiger partial charge >= 0.3 is 12.1 Å². The van der Waals surface area contributed by atoms with Gasteiger partial charge in [0.05, 0.1) is 11.7 Å². The lowest BCUT2D eigenvalue weighted by atomic mass is 9.82. The number of fused-ring (bicyclic) bond motifs is 1. The summed E-state index contributed by atoms with van der Waals surface area (Å²) in [5, 5.41) is 0.427. The molecule has 0 aliphatic heterocycles. The summed E-state index contributed by atoms with van der Waals surface area (Å²) < 4.78 is 66.9. The quantitative estimate of drug-likeness (QED) is 0.223. The summed E-state index contributed by atoms with van der Waals surface area (Å²) in [6.45, 7) is -1.58. The van der Waals surface area contributed by atoms with Crippen LogP contribution in [-0.2, 0) is 4.74 Å². The van der Waals surface area contributed by atoms with Crippen LogP contribution in [0.25, 0.3) is 10.8 Å². The second-order valence-electron chi connectivity index (χ2n) is 8.39. The molecule has 1 saturated carbocycles. The van der Waals surface area contributed by atoms with Crippen molar-refractivity contribution in [1.82, 2.24) is 0 Å². The van der Waals surface area contributed by atoms with Crippen LogP contribution >= 0.6 is 0 Å². The number of ether oxygens (including phenoxy) is 3. The lowest BCUT2D eigenvalue weighted by molar-refractivity contribution is -0.153. The Morgan fingerprint density at radius 2 is 1.68 bits per heavy atom. The fraction of sp³-hybridized carbons (Fsp3) is 0.346. The predicted octanol–water partition coefficient (Wildman–Crippen LogP) is 6.81. The van der Waals surface area contributed by atoms with Gasteiger partial charge in [0.25, 0.3) is 0 Å². The molecule has 1 aliphatic rings. The Bertz CT molecular complexity index is 1150.